The van der Waals surface area contributed by atoms with Gasteiger partial charge in [-0.3, -0.25) is 4.79 Å². The molecule has 0 saturated carbocycles. The summed E-state index contributed by atoms with van der Waals surface area (Å²) in [6.45, 7) is 5.12. The lowest BCUT2D eigenvalue weighted by Crippen LogP contribution is -2.43. The summed E-state index contributed by atoms with van der Waals surface area (Å²) >= 11 is 0. The highest BCUT2D eigenvalue weighted by molar-refractivity contribution is 5.83. The van der Waals surface area contributed by atoms with E-state index in [1.54, 1.807) is 13.0 Å². The second kappa shape index (κ2) is 8.21. The van der Waals surface area contributed by atoms with E-state index < -0.39 is 5.63 Å². The van der Waals surface area contributed by atoms with Crippen molar-refractivity contribution in [1.82, 2.24) is 4.90 Å². The summed E-state index contributed by atoms with van der Waals surface area (Å²) in [5.41, 5.74) is 0.672. The van der Waals surface area contributed by atoms with E-state index >= 15 is 0 Å². The van der Waals surface area contributed by atoms with E-state index in [9.17, 15) is 9.59 Å². The monoisotopic (exact) mass is 355 g/mol. The fourth-order valence-corrected chi connectivity index (χ4v) is 3.49. The SMILES string of the molecule is CCC(C(=O)N1CCC(Oc2cc(C)oc(=O)c2)CC1)c1ccccc1. The third kappa shape index (κ3) is 4.34. The van der Waals surface area contributed by atoms with Gasteiger partial charge < -0.3 is 14.1 Å². The predicted octanol–water partition coefficient (Wildman–Crippen LogP) is 3.51. The molecule has 0 spiro atoms. The van der Waals surface area contributed by atoms with Crippen molar-refractivity contribution in [3.05, 3.63) is 64.2 Å². The molecule has 5 heteroatoms. The number of nitrogens with zero attached hydrogens (tertiary/aromatic N) is 1. The summed E-state index contributed by atoms with van der Waals surface area (Å²) in [7, 11) is 0. The fourth-order valence-electron chi connectivity index (χ4n) is 3.49. The minimum atomic E-state index is -0.402. The average Bonchev–Trinajstić information content (AvgIpc) is 2.63. The highest BCUT2D eigenvalue weighted by Crippen LogP contribution is 2.25. The maximum atomic E-state index is 12.9. The molecule has 3 rings (SSSR count). The van der Waals surface area contributed by atoms with E-state index in [0.717, 1.165) is 24.8 Å². The van der Waals surface area contributed by atoms with Crippen LogP contribution in [0.5, 0.6) is 5.75 Å². The van der Waals surface area contributed by atoms with Crippen molar-refractivity contribution < 1.29 is 13.9 Å². The second-order valence-electron chi connectivity index (χ2n) is 6.74. The van der Waals surface area contributed by atoms with Gasteiger partial charge in [0.05, 0.1) is 12.0 Å². The molecule has 1 aliphatic rings. The maximum Gasteiger partial charge on any atom is 0.339 e. The molecule has 1 saturated heterocycles. The van der Waals surface area contributed by atoms with Crippen molar-refractivity contribution in [3.8, 4) is 5.75 Å². The number of carbonyl (C=O) groups excluding carboxylic acids is 1. The number of rotatable bonds is 5. The number of hydrogen-bond acceptors (Lipinski definition) is 4. The van der Waals surface area contributed by atoms with Crippen LogP contribution in [0, 0.1) is 6.92 Å². The molecule has 1 fully saturated rings. The van der Waals surface area contributed by atoms with E-state index in [1.807, 2.05) is 35.2 Å². The van der Waals surface area contributed by atoms with Gasteiger partial charge in [0, 0.05) is 32.0 Å². The first-order valence-electron chi connectivity index (χ1n) is 9.19. The van der Waals surface area contributed by atoms with Crippen LogP contribution in [0.2, 0.25) is 0 Å². The number of piperidine rings is 1. The Morgan fingerprint density at radius 1 is 1.23 bits per heavy atom. The van der Waals surface area contributed by atoms with Gasteiger partial charge in [0.25, 0.3) is 0 Å². The molecule has 1 amide bonds. The first-order chi connectivity index (χ1) is 12.6. The van der Waals surface area contributed by atoms with Gasteiger partial charge in [0.2, 0.25) is 5.91 Å². The van der Waals surface area contributed by atoms with E-state index in [1.165, 1.54) is 6.07 Å². The Morgan fingerprint density at radius 2 is 1.92 bits per heavy atom. The van der Waals surface area contributed by atoms with E-state index in [2.05, 4.69) is 6.92 Å². The molecule has 0 bridgehead atoms. The van der Waals surface area contributed by atoms with Crippen molar-refractivity contribution in [2.24, 2.45) is 0 Å². The first kappa shape index (κ1) is 18.2. The smallest absolute Gasteiger partial charge is 0.339 e. The summed E-state index contributed by atoms with van der Waals surface area (Å²) in [5, 5.41) is 0. The predicted molar refractivity (Wildman–Crippen MR) is 99.4 cm³/mol. The van der Waals surface area contributed by atoms with Crippen molar-refractivity contribution in [3.63, 3.8) is 0 Å². The third-order valence-corrected chi connectivity index (χ3v) is 4.83. The first-order valence-corrected chi connectivity index (χ1v) is 9.19. The van der Waals surface area contributed by atoms with E-state index in [4.69, 9.17) is 9.15 Å². The molecule has 1 atom stereocenters. The Kier molecular flexibility index (Phi) is 5.76. The Bertz CT molecular complexity index is 791. The van der Waals surface area contributed by atoms with Crippen LogP contribution in [0.1, 0.15) is 43.4 Å². The molecular formula is C21H25NO4. The largest absolute Gasteiger partial charge is 0.490 e. The van der Waals surface area contributed by atoms with Crippen molar-refractivity contribution in [1.29, 1.82) is 0 Å². The van der Waals surface area contributed by atoms with E-state index in [0.29, 0.717) is 24.6 Å². The number of carbonyl (C=O) groups is 1. The maximum absolute atomic E-state index is 12.9. The summed E-state index contributed by atoms with van der Waals surface area (Å²) < 4.78 is 10.9. The minimum absolute atomic E-state index is 0.0112. The molecule has 5 nitrogen and oxygen atoms in total. The molecule has 1 aromatic heterocycles. The van der Waals surface area contributed by atoms with Crippen LogP contribution in [-0.4, -0.2) is 30.0 Å². The van der Waals surface area contributed by atoms with E-state index in [-0.39, 0.29) is 17.9 Å². The summed E-state index contributed by atoms with van der Waals surface area (Å²) in [5.74, 6) is 1.18. The van der Waals surface area contributed by atoms with Crippen LogP contribution in [0.25, 0.3) is 0 Å². The number of aryl methyl sites for hydroxylation is 1. The fraction of sp³-hybridized carbons (Fsp3) is 0.429. The molecule has 2 heterocycles. The van der Waals surface area contributed by atoms with Gasteiger partial charge in [0.15, 0.2) is 0 Å². The molecule has 1 unspecified atom stereocenters. The molecular weight excluding hydrogens is 330 g/mol. The quantitative estimate of drug-likeness (QED) is 0.823. The Labute approximate surface area is 153 Å². The van der Waals surface area contributed by atoms with Crippen LogP contribution in [0.4, 0.5) is 0 Å². The van der Waals surface area contributed by atoms with Crippen LogP contribution >= 0.6 is 0 Å². The summed E-state index contributed by atoms with van der Waals surface area (Å²) in [4.78, 5) is 26.3. The van der Waals surface area contributed by atoms with Crippen LogP contribution < -0.4 is 10.4 Å². The Morgan fingerprint density at radius 3 is 2.54 bits per heavy atom. The molecule has 0 radical (unpaired) electrons. The molecule has 0 N–H and O–H groups in total. The zero-order valence-corrected chi connectivity index (χ0v) is 15.3. The molecule has 26 heavy (non-hydrogen) atoms. The molecule has 138 valence electrons. The molecule has 1 aliphatic heterocycles. The lowest BCUT2D eigenvalue weighted by molar-refractivity contribution is -0.134. The van der Waals surface area contributed by atoms with Crippen molar-refractivity contribution in [2.75, 3.05) is 13.1 Å². The number of hydrogen-bond donors (Lipinski definition) is 0. The second-order valence-corrected chi connectivity index (χ2v) is 6.74. The van der Waals surface area contributed by atoms with Crippen LogP contribution in [0.3, 0.4) is 0 Å². The highest BCUT2D eigenvalue weighted by Gasteiger charge is 2.29. The molecule has 1 aromatic carbocycles. The number of benzene rings is 1. The number of amides is 1. The van der Waals surface area contributed by atoms with Gasteiger partial charge in [-0.15, -0.1) is 0 Å². The third-order valence-electron chi connectivity index (χ3n) is 4.83. The number of likely N-dealkylation sites (tertiary alicyclic amines) is 1. The molecule has 0 aliphatic carbocycles. The summed E-state index contributed by atoms with van der Waals surface area (Å²) in [6, 6.07) is 13.0. The minimum Gasteiger partial charge on any atom is -0.490 e. The van der Waals surface area contributed by atoms with Crippen LogP contribution in [-0.2, 0) is 4.79 Å². The van der Waals surface area contributed by atoms with Gasteiger partial charge in [-0.05, 0) is 18.9 Å². The summed E-state index contributed by atoms with van der Waals surface area (Å²) in [6.07, 6.45) is 2.32. The lowest BCUT2D eigenvalue weighted by Gasteiger charge is -2.34. The average molecular weight is 355 g/mol. The van der Waals surface area contributed by atoms with Crippen LogP contribution in [0.15, 0.2) is 51.7 Å². The highest BCUT2D eigenvalue weighted by atomic mass is 16.5. The Hall–Kier alpha value is -2.56. The van der Waals surface area contributed by atoms with Crippen molar-refractivity contribution in [2.45, 2.75) is 45.1 Å². The van der Waals surface area contributed by atoms with Gasteiger partial charge in [-0.1, -0.05) is 37.3 Å². The van der Waals surface area contributed by atoms with Gasteiger partial charge >= 0.3 is 5.63 Å². The van der Waals surface area contributed by atoms with Gasteiger partial charge in [-0.2, -0.15) is 0 Å². The Balaban J connectivity index is 1.59. The number of ether oxygens (including phenoxy) is 1. The molecule has 2 aromatic rings. The van der Waals surface area contributed by atoms with Crippen molar-refractivity contribution >= 4 is 5.91 Å². The topological polar surface area (TPSA) is 59.8 Å². The normalized spacial score (nSPS) is 16.3. The standard InChI is InChI=1S/C21H25NO4/c1-3-19(16-7-5-4-6-8-16)21(24)22-11-9-17(10-12-22)26-18-13-15(2)25-20(23)14-18/h4-8,13-14,17,19H,3,9-12H2,1-2H3. The lowest BCUT2D eigenvalue weighted by atomic mass is 9.94. The zero-order chi connectivity index (χ0) is 18.5. The zero-order valence-electron chi connectivity index (χ0n) is 15.3. The van der Waals surface area contributed by atoms with Gasteiger partial charge in [-0.25, -0.2) is 4.79 Å². The van der Waals surface area contributed by atoms with Gasteiger partial charge in [0.1, 0.15) is 17.6 Å².